The van der Waals surface area contributed by atoms with Gasteiger partial charge in [-0.3, -0.25) is 14.5 Å². The molecule has 0 bridgehead atoms. The Bertz CT molecular complexity index is 1100. The van der Waals surface area contributed by atoms with Crippen molar-refractivity contribution in [2.24, 2.45) is 0 Å². The monoisotopic (exact) mass is 492 g/mol. The molecule has 35 heavy (non-hydrogen) atoms. The summed E-state index contributed by atoms with van der Waals surface area (Å²) in [6.07, 6.45) is 0. The number of nitrogens with zero attached hydrogens (tertiary/aromatic N) is 2. The van der Waals surface area contributed by atoms with Crippen LogP contribution in [0, 0.1) is 17.5 Å². The molecule has 0 saturated carbocycles. The molecule has 1 aliphatic rings. The van der Waals surface area contributed by atoms with Gasteiger partial charge in [0.05, 0.1) is 30.9 Å². The highest BCUT2D eigenvalue weighted by atomic mass is 19.2. The van der Waals surface area contributed by atoms with Gasteiger partial charge in [-0.25, -0.2) is 18.0 Å². The number of halogens is 3. The summed E-state index contributed by atoms with van der Waals surface area (Å²) in [5, 5.41) is 4.61. The van der Waals surface area contributed by atoms with E-state index in [2.05, 4.69) is 15.5 Å². The molecular formula is C24H27F3N4O4. The summed E-state index contributed by atoms with van der Waals surface area (Å²) in [5.41, 5.74) is 0.896. The SMILES string of the molecule is COC(=O)c1ccc(N2CCN(C(C)C(=O)NCC(=O)Nc3ccc(F)c(F)c3F)C(C)C2)cc1. The molecule has 11 heteroatoms. The molecule has 1 saturated heterocycles. The van der Waals surface area contributed by atoms with Crippen LogP contribution in [-0.4, -0.2) is 68.1 Å². The molecule has 1 heterocycles. The Morgan fingerprint density at radius 2 is 1.74 bits per heavy atom. The van der Waals surface area contributed by atoms with Crippen molar-refractivity contribution in [1.29, 1.82) is 0 Å². The Morgan fingerprint density at radius 3 is 2.37 bits per heavy atom. The van der Waals surface area contributed by atoms with Gasteiger partial charge in [0.2, 0.25) is 11.8 Å². The first-order valence-corrected chi connectivity index (χ1v) is 11.0. The Morgan fingerprint density at radius 1 is 1.06 bits per heavy atom. The number of methoxy groups -OCH3 is 1. The third-order valence-electron chi connectivity index (χ3n) is 5.94. The Hall–Kier alpha value is -3.60. The number of nitrogens with one attached hydrogen (secondary N) is 2. The van der Waals surface area contributed by atoms with E-state index in [9.17, 15) is 27.6 Å². The first-order chi connectivity index (χ1) is 16.6. The van der Waals surface area contributed by atoms with Crippen molar-refractivity contribution in [2.45, 2.75) is 25.9 Å². The van der Waals surface area contributed by atoms with E-state index in [1.54, 1.807) is 19.1 Å². The van der Waals surface area contributed by atoms with Crippen molar-refractivity contribution in [2.75, 3.05) is 43.5 Å². The highest BCUT2D eigenvalue weighted by Crippen LogP contribution is 2.22. The lowest BCUT2D eigenvalue weighted by molar-refractivity contribution is -0.128. The fourth-order valence-electron chi connectivity index (χ4n) is 3.99. The molecule has 1 fully saturated rings. The van der Waals surface area contributed by atoms with Gasteiger partial charge < -0.3 is 20.3 Å². The fraction of sp³-hybridized carbons (Fsp3) is 0.375. The van der Waals surface area contributed by atoms with Crippen molar-refractivity contribution in [3.63, 3.8) is 0 Å². The number of ether oxygens (including phenoxy) is 1. The second-order valence-corrected chi connectivity index (χ2v) is 8.24. The largest absolute Gasteiger partial charge is 0.465 e. The van der Waals surface area contributed by atoms with Crippen LogP contribution in [0.15, 0.2) is 36.4 Å². The third kappa shape index (κ3) is 6.10. The normalized spacial score (nSPS) is 17.0. The first-order valence-electron chi connectivity index (χ1n) is 11.0. The topological polar surface area (TPSA) is 91.0 Å². The summed E-state index contributed by atoms with van der Waals surface area (Å²) in [7, 11) is 1.33. The summed E-state index contributed by atoms with van der Waals surface area (Å²) in [4.78, 5) is 40.4. The molecule has 1 aliphatic heterocycles. The lowest BCUT2D eigenvalue weighted by atomic mass is 10.1. The van der Waals surface area contributed by atoms with Crippen molar-refractivity contribution < 1.29 is 32.3 Å². The van der Waals surface area contributed by atoms with Crippen LogP contribution in [0.1, 0.15) is 24.2 Å². The van der Waals surface area contributed by atoms with Crippen LogP contribution in [0.4, 0.5) is 24.5 Å². The van der Waals surface area contributed by atoms with E-state index in [1.165, 1.54) is 7.11 Å². The van der Waals surface area contributed by atoms with Gasteiger partial charge >= 0.3 is 5.97 Å². The first kappa shape index (κ1) is 26.0. The van der Waals surface area contributed by atoms with Gasteiger partial charge in [-0.15, -0.1) is 0 Å². The maximum atomic E-state index is 13.7. The number of carbonyl (C=O) groups excluding carboxylic acids is 3. The molecule has 0 radical (unpaired) electrons. The summed E-state index contributed by atoms with van der Waals surface area (Å²) in [5.74, 6) is -6.14. The molecule has 188 valence electrons. The molecule has 2 N–H and O–H groups in total. The predicted octanol–water partition coefficient (Wildman–Crippen LogP) is 2.54. The summed E-state index contributed by atoms with van der Waals surface area (Å²) >= 11 is 0. The Balaban J connectivity index is 1.51. The van der Waals surface area contributed by atoms with Crippen LogP contribution in [0.2, 0.25) is 0 Å². The standard InChI is InChI=1S/C24H27F3N4O4/c1-14-13-30(17-6-4-16(5-7-17)24(34)35-3)10-11-31(14)15(2)23(33)28-12-20(32)29-19-9-8-18(25)21(26)22(19)27/h4-9,14-15H,10-13H2,1-3H3,(H,28,33)(H,29,32). The number of carbonyl (C=O) groups is 3. The van der Waals surface area contributed by atoms with Gasteiger partial charge in [0.25, 0.3) is 0 Å². The van der Waals surface area contributed by atoms with Gasteiger partial charge in [-0.2, -0.15) is 0 Å². The quantitative estimate of drug-likeness (QED) is 0.456. The second kappa shape index (κ2) is 11.2. The van der Waals surface area contributed by atoms with Crippen LogP contribution in [0.25, 0.3) is 0 Å². The lowest BCUT2D eigenvalue weighted by Crippen LogP contribution is -2.58. The average molecular weight is 492 g/mol. The molecule has 2 aromatic carbocycles. The van der Waals surface area contributed by atoms with Gasteiger partial charge in [0, 0.05) is 31.4 Å². The average Bonchev–Trinajstić information content (AvgIpc) is 2.86. The second-order valence-electron chi connectivity index (χ2n) is 8.24. The summed E-state index contributed by atoms with van der Waals surface area (Å²) in [6, 6.07) is 8.16. The maximum Gasteiger partial charge on any atom is 0.337 e. The molecule has 0 spiro atoms. The molecule has 3 rings (SSSR count). The molecule has 2 aromatic rings. The van der Waals surface area contributed by atoms with E-state index in [0.29, 0.717) is 31.3 Å². The number of benzene rings is 2. The van der Waals surface area contributed by atoms with Crippen molar-refractivity contribution in [3.8, 4) is 0 Å². The van der Waals surface area contributed by atoms with Crippen LogP contribution < -0.4 is 15.5 Å². The molecular weight excluding hydrogens is 465 g/mol. The van der Waals surface area contributed by atoms with Gasteiger partial charge in [0.1, 0.15) is 0 Å². The van der Waals surface area contributed by atoms with E-state index in [4.69, 9.17) is 4.74 Å². The number of rotatable bonds is 7. The zero-order valence-electron chi connectivity index (χ0n) is 19.6. The van der Waals surface area contributed by atoms with Crippen LogP contribution in [0.3, 0.4) is 0 Å². The van der Waals surface area contributed by atoms with E-state index in [1.807, 2.05) is 24.0 Å². The summed E-state index contributed by atoms with van der Waals surface area (Å²) in [6.45, 7) is 5.13. The van der Waals surface area contributed by atoms with E-state index in [-0.39, 0.29) is 6.04 Å². The van der Waals surface area contributed by atoms with Gasteiger partial charge in [-0.05, 0) is 50.2 Å². The number of hydrogen-bond donors (Lipinski definition) is 2. The minimum Gasteiger partial charge on any atom is -0.465 e. The molecule has 8 nitrogen and oxygen atoms in total. The Kier molecular flexibility index (Phi) is 8.34. The van der Waals surface area contributed by atoms with E-state index < -0.39 is 53.5 Å². The van der Waals surface area contributed by atoms with Crippen molar-refractivity contribution in [3.05, 3.63) is 59.4 Å². The van der Waals surface area contributed by atoms with E-state index in [0.717, 1.165) is 11.8 Å². The smallest absolute Gasteiger partial charge is 0.337 e. The number of hydrogen-bond acceptors (Lipinski definition) is 6. The number of anilines is 2. The zero-order valence-corrected chi connectivity index (χ0v) is 19.6. The molecule has 0 aromatic heterocycles. The maximum absolute atomic E-state index is 13.7. The predicted molar refractivity (Wildman–Crippen MR) is 124 cm³/mol. The fourth-order valence-corrected chi connectivity index (χ4v) is 3.99. The van der Waals surface area contributed by atoms with Crippen LogP contribution in [0.5, 0.6) is 0 Å². The minimum atomic E-state index is -1.69. The van der Waals surface area contributed by atoms with Gasteiger partial charge in [0.15, 0.2) is 17.5 Å². The number of amides is 2. The third-order valence-corrected chi connectivity index (χ3v) is 5.94. The lowest BCUT2D eigenvalue weighted by Gasteiger charge is -2.43. The van der Waals surface area contributed by atoms with Crippen LogP contribution >= 0.6 is 0 Å². The number of esters is 1. The molecule has 0 aliphatic carbocycles. The highest BCUT2D eigenvalue weighted by Gasteiger charge is 2.31. The highest BCUT2D eigenvalue weighted by molar-refractivity contribution is 5.95. The van der Waals surface area contributed by atoms with Crippen molar-refractivity contribution >= 4 is 29.2 Å². The number of piperazine rings is 1. The molecule has 2 unspecified atom stereocenters. The minimum absolute atomic E-state index is 0.00916. The molecule has 2 atom stereocenters. The molecule has 2 amide bonds. The van der Waals surface area contributed by atoms with Crippen molar-refractivity contribution in [1.82, 2.24) is 10.2 Å². The van der Waals surface area contributed by atoms with Crippen LogP contribution in [-0.2, 0) is 14.3 Å². The van der Waals surface area contributed by atoms with Gasteiger partial charge in [-0.1, -0.05) is 0 Å². The Labute approximate surface area is 201 Å². The summed E-state index contributed by atoms with van der Waals surface area (Å²) < 4.78 is 44.7. The van der Waals surface area contributed by atoms with E-state index >= 15 is 0 Å². The zero-order chi connectivity index (χ0) is 25.7.